The number of rotatable bonds is 5. The Morgan fingerprint density at radius 3 is 1.98 bits per heavy atom. The van der Waals surface area contributed by atoms with Crippen molar-refractivity contribution in [1.82, 2.24) is 4.98 Å². The van der Waals surface area contributed by atoms with Crippen molar-refractivity contribution in [3.63, 3.8) is 0 Å². The summed E-state index contributed by atoms with van der Waals surface area (Å²) in [5.41, 5.74) is 11.9. The van der Waals surface area contributed by atoms with Crippen molar-refractivity contribution in [2.45, 2.75) is 28.2 Å². The lowest BCUT2D eigenvalue weighted by Crippen LogP contribution is -2.32. The van der Waals surface area contributed by atoms with Gasteiger partial charge in [0.05, 0.1) is 23.0 Å². The Hall–Kier alpha value is -5.45. The smallest absolute Gasteiger partial charge is 0.310 e. The summed E-state index contributed by atoms with van der Waals surface area (Å²) < 4.78 is 5.56. The molecule has 1 aliphatic carbocycles. The molecule has 1 aliphatic heterocycles. The molecule has 1 spiro atoms. The summed E-state index contributed by atoms with van der Waals surface area (Å²) in [6, 6.07) is 53.2. The van der Waals surface area contributed by atoms with Gasteiger partial charge in [-0.2, -0.15) is 0 Å². The zero-order valence-corrected chi connectivity index (χ0v) is 26.3. The van der Waals surface area contributed by atoms with Gasteiger partial charge in [0.25, 0.3) is 0 Å². The molecule has 0 saturated heterocycles. The van der Waals surface area contributed by atoms with E-state index in [0.717, 1.165) is 33.3 Å². The molecule has 7 aromatic rings. The molecule has 1 aromatic heterocycles. The molecule has 3 nitrogen and oxygen atoms in total. The van der Waals surface area contributed by atoms with Crippen LogP contribution in [0, 0.1) is 0 Å². The SMILES string of the molecule is O=C(Cc1ccc(-c2nc3ccccc3c3c2-c2ccccc2C32c3ccccc3Sc3ccccc32)cc1)OCc1ccccc1. The van der Waals surface area contributed by atoms with Crippen LogP contribution in [0.5, 0.6) is 0 Å². The maximum atomic E-state index is 12.7. The average molecular weight is 624 g/mol. The maximum absolute atomic E-state index is 12.7. The number of fused-ring (bicyclic) bond motifs is 11. The first-order valence-corrected chi connectivity index (χ1v) is 16.7. The van der Waals surface area contributed by atoms with Gasteiger partial charge in [-0.25, -0.2) is 4.98 Å². The third kappa shape index (κ3) is 4.36. The molecule has 0 radical (unpaired) electrons. The average Bonchev–Trinajstić information content (AvgIpc) is 3.43. The van der Waals surface area contributed by atoms with Gasteiger partial charge in [-0.1, -0.05) is 145 Å². The van der Waals surface area contributed by atoms with Crippen LogP contribution in [0.2, 0.25) is 0 Å². The van der Waals surface area contributed by atoms with E-state index in [-0.39, 0.29) is 19.0 Å². The predicted octanol–water partition coefficient (Wildman–Crippen LogP) is 10.0. The summed E-state index contributed by atoms with van der Waals surface area (Å²) >= 11 is 1.85. The standard InChI is InChI=1S/C43H29NO2S/c45-39(46-27-29-12-2-1-3-13-29)26-28-22-24-30(25-23-28)42-40-31-14-4-6-16-33(31)43(41(40)32-15-5-9-19-36(32)44-42)34-17-7-10-20-37(34)47-38-21-11-8-18-35(38)43/h1-25H,26-27H2. The second-order valence-corrected chi connectivity index (χ2v) is 13.2. The largest absolute Gasteiger partial charge is 0.461 e. The summed E-state index contributed by atoms with van der Waals surface area (Å²) in [6.45, 7) is 0.275. The van der Waals surface area contributed by atoms with Crippen LogP contribution < -0.4 is 0 Å². The summed E-state index contributed by atoms with van der Waals surface area (Å²) in [6.07, 6.45) is 0.216. The molecule has 0 N–H and O–H groups in total. The Labute approximate surface area is 277 Å². The number of ether oxygens (including phenoxy) is 1. The van der Waals surface area contributed by atoms with Crippen molar-refractivity contribution in [2.24, 2.45) is 0 Å². The molecule has 9 rings (SSSR count). The van der Waals surface area contributed by atoms with Crippen molar-refractivity contribution in [3.8, 4) is 22.4 Å². The van der Waals surface area contributed by atoms with E-state index in [4.69, 9.17) is 9.72 Å². The molecule has 0 saturated carbocycles. The lowest BCUT2D eigenvalue weighted by atomic mass is 9.66. The van der Waals surface area contributed by atoms with E-state index in [2.05, 4.69) is 109 Å². The molecule has 47 heavy (non-hydrogen) atoms. The van der Waals surface area contributed by atoms with Crippen molar-refractivity contribution in [2.75, 3.05) is 0 Å². The van der Waals surface area contributed by atoms with Crippen molar-refractivity contribution in [3.05, 3.63) is 185 Å². The minimum absolute atomic E-state index is 0.216. The highest BCUT2D eigenvalue weighted by Gasteiger charge is 2.52. The van der Waals surface area contributed by atoms with Crippen molar-refractivity contribution < 1.29 is 9.53 Å². The first kappa shape index (κ1) is 27.8. The number of nitrogens with zero attached hydrogens (tertiary/aromatic N) is 1. The van der Waals surface area contributed by atoms with Crippen molar-refractivity contribution >= 4 is 28.6 Å². The number of carbonyl (C=O) groups is 1. The van der Waals surface area contributed by atoms with E-state index in [1.165, 1.54) is 43.2 Å². The van der Waals surface area contributed by atoms with Gasteiger partial charge in [0.2, 0.25) is 0 Å². The van der Waals surface area contributed by atoms with E-state index in [1.807, 2.05) is 54.2 Å². The highest BCUT2D eigenvalue weighted by Crippen LogP contribution is 2.64. The molecule has 2 heterocycles. The van der Waals surface area contributed by atoms with Gasteiger partial charge >= 0.3 is 5.97 Å². The molecule has 4 heteroatoms. The first-order valence-electron chi connectivity index (χ1n) is 15.9. The molecule has 0 atom stereocenters. The highest BCUT2D eigenvalue weighted by atomic mass is 32.2. The fourth-order valence-electron chi connectivity index (χ4n) is 7.53. The van der Waals surface area contributed by atoms with Crippen LogP contribution in [-0.2, 0) is 28.0 Å². The minimum Gasteiger partial charge on any atom is -0.461 e. The van der Waals surface area contributed by atoms with Crippen molar-refractivity contribution in [1.29, 1.82) is 0 Å². The van der Waals surface area contributed by atoms with Crippen LogP contribution in [0.15, 0.2) is 161 Å². The van der Waals surface area contributed by atoms with Crippen LogP contribution in [0.25, 0.3) is 33.3 Å². The van der Waals surface area contributed by atoms with Gasteiger partial charge in [0.1, 0.15) is 6.61 Å². The number of esters is 1. The number of carbonyl (C=O) groups excluding carboxylic acids is 1. The van der Waals surface area contributed by atoms with Gasteiger partial charge in [0.15, 0.2) is 0 Å². The molecule has 0 amide bonds. The molecular weight excluding hydrogens is 595 g/mol. The Bertz CT molecular complexity index is 2280. The minimum atomic E-state index is -0.496. The zero-order valence-electron chi connectivity index (χ0n) is 25.5. The number of para-hydroxylation sites is 1. The predicted molar refractivity (Wildman–Crippen MR) is 189 cm³/mol. The summed E-state index contributed by atoms with van der Waals surface area (Å²) in [5, 5.41) is 1.16. The van der Waals surface area contributed by atoms with Gasteiger partial charge in [-0.3, -0.25) is 4.79 Å². The molecular formula is C43H29NO2S. The maximum Gasteiger partial charge on any atom is 0.310 e. The second kappa shape index (κ2) is 11.1. The van der Waals surface area contributed by atoms with E-state index in [0.29, 0.717) is 0 Å². The fourth-order valence-corrected chi connectivity index (χ4v) is 8.72. The zero-order chi connectivity index (χ0) is 31.4. The third-order valence-electron chi connectivity index (χ3n) is 9.49. The summed E-state index contributed by atoms with van der Waals surface area (Å²) in [4.78, 5) is 20.6. The van der Waals surface area contributed by atoms with Crippen LogP contribution in [0.1, 0.15) is 33.4 Å². The molecule has 224 valence electrons. The number of hydrogen-bond acceptors (Lipinski definition) is 4. The number of pyridine rings is 1. The fraction of sp³-hybridized carbons (Fsp3) is 0.0698. The number of benzene rings is 6. The van der Waals surface area contributed by atoms with E-state index in [9.17, 15) is 4.79 Å². The lowest BCUT2D eigenvalue weighted by molar-refractivity contribution is -0.144. The second-order valence-electron chi connectivity index (χ2n) is 12.1. The molecule has 0 fully saturated rings. The third-order valence-corrected chi connectivity index (χ3v) is 10.6. The highest BCUT2D eigenvalue weighted by molar-refractivity contribution is 7.99. The quantitative estimate of drug-likeness (QED) is 0.179. The van der Waals surface area contributed by atoms with Gasteiger partial charge in [-0.05, 0) is 57.1 Å². The van der Waals surface area contributed by atoms with E-state index >= 15 is 0 Å². The summed E-state index contributed by atoms with van der Waals surface area (Å²) in [5.74, 6) is -0.241. The number of hydrogen-bond donors (Lipinski definition) is 0. The monoisotopic (exact) mass is 623 g/mol. The molecule has 0 unspecified atom stereocenters. The Morgan fingerprint density at radius 2 is 1.23 bits per heavy atom. The van der Waals surface area contributed by atoms with Gasteiger partial charge in [-0.15, -0.1) is 0 Å². The normalized spacial score (nSPS) is 13.4. The Balaban J connectivity index is 1.22. The first-order chi connectivity index (χ1) is 23.2. The topological polar surface area (TPSA) is 39.2 Å². The number of aromatic nitrogens is 1. The van der Waals surface area contributed by atoms with Crippen LogP contribution >= 0.6 is 11.8 Å². The van der Waals surface area contributed by atoms with Crippen LogP contribution in [0.3, 0.4) is 0 Å². The Kier molecular flexibility index (Phi) is 6.58. The molecule has 2 aliphatic rings. The Morgan fingerprint density at radius 1 is 0.617 bits per heavy atom. The van der Waals surface area contributed by atoms with Crippen LogP contribution in [0.4, 0.5) is 0 Å². The lowest BCUT2D eigenvalue weighted by Gasteiger charge is -2.40. The summed E-state index contributed by atoms with van der Waals surface area (Å²) in [7, 11) is 0. The van der Waals surface area contributed by atoms with Gasteiger partial charge in [0, 0.05) is 26.3 Å². The van der Waals surface area contributed by atoms with Crippen LogP contribution in [-0.4, -0.2) is 11.0 Å². The van der Waals surface area contributed by atoms with E-state index < -0.39 is 5.41 Å². The molecule has 0 bridgehead atoms. The molecule has 6 aromatic carbocycles. The van der Waals surface area contributed by atoms with E-state index in [1.54, 1.807) is 0 Å². The van der Waals surface area contributed by atoms with Gasteiger partial charge < -0.3 is 4.74 Å².